The van der Waals surface area contributed by atoms with Crippen molar-refractivity contribution in [1.29, 1.82) is 0 Å². The number of H-pyrrole nitrogens is 1. The van der Waals surface area contributed by atoms with E-state index in [9.17, 15) is 14.7 Å². The van der Waals surface area contributed by atoms with Gasteiger partial charge in [0.15, 0.2) is 0 Å². The van der Waals surface area contributed by atoms with Crippen molar-refractivity contribution in [3.8, 4) is 0 Å². The molecule has 2 N–H and O–H groups in total. The third kappa shape index (κ3) is 2.29. The topological polar surface area (TPSA) is 75.1 Å². The fourth-order valence-electron chi connectivity index (χ4n) is 3.00. The second kappa shape index (κ2) is 4.90. The fourth-order valence-corrected chi connectivity index (χ4v) is 3.00. The number of nitrogens with zero attached hydrogens (tertiary/aromatic N) is 1. The zero-order chi connectivity index (χ0) is 14.2. The summed E-state index contributed by atoms with van der Waals surface area (Å²) in [6.45, 7) is 0.0754. The highest BCUT2D eigenvalue weighted by atomic mass is 16.3. The standard InChI is InChI=1S/C15H18N2O3/c18-13-11-6-2-3-7-12(11)16-14(19)17(13)10-15(20)8-4-1-5-9-15/h2-3,6-7,20H,1,4-5,8-10H2,(H,16,19). The van der Waals surface area contributed by atoms with Crippen LogP contribution in [-0.4, -0.2) is 20.3 Å². The molecule has 0 spiro atoms. The smallest absolute Gasteiger partial charge is 0.328 e. The SMILES string of the molecule is O=c1[nH]c2ccccc2c(=O)n1CC1(O)CCCCC1. The fraction of sp³-hybridized carbons (Fsp3) is 0.467. The summed E-state index contributed by atoms with van der Waals surface area (Å²) in [7, 11) is 0. The Labute approximate surface area is 115 Å². The molecule has 0 radical (unpaired) electrons. The van der Waals surface area contributed by atoms with Gasteiger partial charge in [0.2, 0.25) is 0 Å². The molecule has 0 bridgehead atoms. The average molecular weight is 274 g/mol. The first-order valence-electron chi connectivity index (χ1n) is 7.03. The number of hydrogen-bond donors (Lipinski definition) is 2. The average Bonchev–Trinajstić information content (AvgIpc) is 2.44. The van der Waals surface area contributed by atoms with Crippen molar-refractivity contribution < 1.29 is 5.11 Å². The molecule has 5 heteroatoms. The monoisotopic (exact) mass is 274 g/mol. The van der Waals surface area contributed by atoms with E-state index >= 15 is 0 Å². The highest BCUT2D eigenvalue weighted by Gasteiger charge is 2.30. The Morgan fingerprint density at radius 2 is 1.85 bits per heavy atom. The molecule has 1 saturated carbocycles. The van der Waals surface area contributed by atoms with Crippen molar-refractivity contribution in [1.82, 2.24) is 9.55 Å². The molecule has 1 aliphatic rings. The van der Waals surface area contributed by atoms with E-state index in [1.807, 2.05) is 0 Å². The lowest BCUT2D eigenvalue weighted by Crippen LogP contribution is -2.45. The number of benzene rings is 1. The molecule has 1 fully saturated rings. The van der Waals surface area contributed by atoms with Crippen LogP contribution in [0.15, 0.2) is 33.9 Å². The van der Waals surface area contributed by atoms with Gasteiger partial charge in [0.25, 0.3) is 5.56 Å². The minimum atomic E-state index is -0.933. The second-order valence-corrected chi connectivity index (χ2v) is 5.65. The van der Waals surface area contributed by atoms with Crippen molar-refractivity contribution in [2.24, 2.45) is 0 Å². The molecule has 0 atom stereocenters. The molecule has 0 saturated heterocycles. The highest BCUT2D eigenvalue weighted by Crippen LogP contribution is 2.28. The molecule has 0 amide bonds. The van der Waals surface area contributed by atoms with Gasteiger partial charge in [-0.1, -0.05) is 31.4 Å². The number of aromatic nitrogens is 2. The molecular formula is C15H18N2O3. The van der Waals surface area contributed by atoms with E-state index in [1.165, 1.54) is 0 Å². The van der Waals surface area contributed by atoms with Gasteiger partial charge in [0, 0.05) is 0 Å². The Balaban J connectivity index is 2.07. The van der Waals surface area contributed by atoms with E-state index in [4.69, 9.17) is 0 Å². The molecule has 0 unspecified atom stereocenters. The molecule has 106 valence electrons. The first-order chi connectivity index (χ1) is 9.59. The van der Waals surface area contributed by atoms with Gasteiger partial charge in [-0.25, -0.2) is 4.79 Å². The molecular weight excluding hydrogens is 256 g/mol. The zero-order valence-corrected chi connectivity index (χ0v) is 11.3. The van der Waals surface area contributed by atoms with Gasteiger partial charge >= 0.3 is 5.69 Å². The van der Waals surface area contributed by atoms with Gasteiger partial charge < -0.3 is 10.1 Å². The number of aromatic amines is 1. The van der Waals surface area contributed by atoms with Crippen molar-refractivity contribution in [2.75, 3.05) is 0 Å². The molecule has 1 heterocycles. The molecule has 1 aromatic heterocycles. The molecule has 0 aliphatic heterocycles. The van der Waals surface area contributed by atoms with Crippen LogP contribution in [0.3, 0.4) is 0 Å². The van der Waals surface area contributed by atoms with Crippen LogP contribution in [0, 0.1) is 0 Å². The first-order valence-corrected chi connectivity index (χ1v) is 7.03. The molecule has 3 rings (SSSR count). The van der Waals surface area contributed by atoms with Gasteiger partial charge in [0.1, 0.15) is 0 Å². The molecule has 20 heavy (non-hydrogen) atoms. The van der Waals surface area contributed by atoms with Gasteiger partial charge in [-0.3, -0.25) is 9.36 Å². The van der Waals surface area contributed by atoms with Crippen molar-refractivity contribution in [3.63, 3.8) is 0 Å². The van der Waals surface area contributed by atoms with Crippen LogP contribution in [0.2, 0.25) is 0 Å². The number of hydrogen-bond acceptors (Lipinski definition) is 3. The summed E-state index contributed by atoms with van der Waals surface area (Å²) in [6, 6.07) is 6.94. The van der Waals surface area contributed by atoms with Gasteiger partial charge in [-0.2, -0.15) is 0 Å². The van der Waals surface area contributed by atoms with E-state index in [2.05, 4.69) is 4.98 Å². The summed E-state index contributed by atoms with van der Waals surface area (Å²) in [6.07, 6.45) is 4.27. The highest BCUT2D eigenvalue weighted by molar-refractivity contribution is 5.76. The van der Waals surface area contributed by atoms with Crippen molar-refractivity contribution >= 4 is 10.9 Å². The Hall–Kier alpha value is -1.88. The van der Waals surface area contributed by atoms with Crippen LogP contribution in [0.25, 0.3) is 10.9 Å². The summed E-state index contributed by atoms with van der Waals surface area (Å²) in [5, 5.41) is 11.0. The van der Waals surface area contributed by atoms with E-state index in [1.54, 1.807) is 24.3 Å². The quantitative estimate of drug-likeness (QED) is 0.869. The van der Waals surface area contributed by atoms with Crippen LogP contribution >= 0.6 is 0 Å². The van der Waals surface area contributed by atoms with Crippen molar-refractivity contribution in [3.05, 3.63) is 45.1 Å². The molecule has 1 aliphatic carbocycles. The van der Waals surface area contributed by atoms with Crippen molar-refractivity contribution in [2.45, 2.75) is 44.2 Å². The Bertz CT molecular complexity index is 739. The number of para-hydroxylation sites is 1. The molecule has 5 nitrogen and oxygen atoms in total. The Kier molecular flexibility index (Phi) is 3.22. The van der Waals surface area contributed by atoms with Crippen LogP contribution in [0.4, 0.5) is 0 Å². The summed E-state index contributed by atoms with van der Waals surface area (Å²) >= 11 is 0. The van der Waals surface area contributed by atoms with E-state index in [0.29, 0.717) is 23.7 Å². The lowest BCUT2D eigenvalue weighted by molar-refractivity contribution is -0.0131. The molecule has 2 aromatic rings. The maximum atomic E-state index is 12.4. The minimum Gasteiger partial charge on any atom is -0.388 e. The third-order valence-electron chi connectivity index (χ3n) is 4.13. The van der Waals surface area contributed by atoms with Gasteiger partial charge in [0.05, 0.1) is 23.0 Å². The first kappa shape index (κ1) is 13.1. The van der Waals surface area contributed by atoms with Crippen LogP contribution in [0.1, 0.15) is 32.1 Å². The normalized spacial score (nSPS) is 18.2. The number of rotatable bonds is 2. The number of nitrogens with one attached hydrogen (secondary N) is 1. The van der Waals surface area contributed by atoms with E-state index in [-0.39, 0.29) is 12.1 Å². The van der Waals surface area contributed by atoms with Crippen LogP contribution in [0.5, 0.6) is 0 Å². The molecule has 1 aromatic carbocycles. The van der Waals surface area contributed by atoms with Crippen LogP contribution < -0.4 is 11.2 Å². The van der Waals surface area contributed by atoms with Gasteiger partial charge in [-0.15, -0.1) is 0 Å². The van der Waals surface area contributed by atoms with Gasteiger partial charge in [-0.05, 0) is 25.0 Å². The largest absolute Gasteiger partial charge is 0.388 e. The Morgan fingerprint density at radius 1 is 1.15 bits per heavy atom. The summed E-state index contributed by atoms with van der Waals surface area (Å²) in [4.78, 5) is 27.2. The van der Waals surface area contributed by atoms with Crippen LogP contribution in [-0.2, 0) is 6.54 Å². The lowest BCUT2D eigenvalue weighted by atomic mass is 9.85. The summed E-state index contributed by atoms with van der Waals surface area (Å²) < 4.78 is 1.13. The minimum absolute atomic E-state index is 0.0754. The summed E-state index contributed by atoms with van der Waals surface area (Å²) in [5.41, 5.74) is -1.18. The summed E-state index contributed by atoms with van der Waals surface area (Å²) in [5.74, 6) is 0. The Morgan fingerprint density at radius 3 is 2.60 bits per heavy atom. The number of fused-ring (bicyclic) bond motifs is 1. The zero-order valence-electron chi connectivity index (χ0n) is 11.3. The predicted octanol–water partition coefficient (Wildman–Crippen LogP) is 1.39. The predicted molar refractivity (Wildman–Crippen MR) is 76.9 cm³/mol. The van der Waals surface area contributed by atoms with E-state index < -0.39 is 11.3 Å². The maximum absolute atomic E-state index is 12.4. The third-order valence-corrected chi connectivity index (χ3v) is 4.13. The second-order valence-electron chi connectivity index (χ2n) is 5.65. The maximum Gasteiger partial charge on any atom is 0.328 e. The lowest BCUT2D eigenvalue weighted by Gasteiger charge is -2.32. The van der Waals surface area contributed by atoms with E-state index in [0.717, 1.165) is 23.8 Å². The number of aliphatic hydroxyl groups is 1.